The minimum absolute atomic E-state index is 0.156. The summed E-state index contributed by atoms with van der Waals surface area (Å²) >= 11 is 0. The molecule has 1 rings (SSSR count). The number of rotatable bonds is 4. The molecule has 2 heteroatoms. The molecule has 0 heterocycles. The normalized spacial score (nSPS) is 10.0. The van der Waals surface area contributed by atoms with E-state index < -0.39 is 0 Å². The molecule has 2 nitrogen and oxygen atoms in total. The van der Waals surface area contributed by atoms with Crippen molar-refractivity contribution in [3.8, 4) is 0 Å². The van der Waals surface area contributed by atoms with Crippen molar-refractivity contribution >= 4 is 5.78 Å². The zero-order valence-electron chi connectivity index (χ0n) is 7.79. The third-order valence-electron chi connectivity index (χ3n) is 1.84. The van der Waals surface area contributed by atoms with Gasteiger partial charge in [0, 0.05) is 13.0 Å². The molecule has 0 fully saturated rings. The van der Waals surface area contributed by atoms with Gasteiger partial charge in [-0.05, 0) is 24.5 Å². The molecule has 13 heavy (non-hydrogen) atoms. The number of benzene rings is 1. The first-order valence-electron chi connectivity index (χ1n) is 4.40. The third kappa shape index (κ3) is 3.38. The quantitative estimate of drug-likeness (QED) is 0.755. The van der Waals surface area contributed by atoms with E-state index in [-0.39, 0.29) is 12.4 Å². The minimum Gasteiger partial charge on any atom is -0.396 e. The molecule has 0 amide bonds. The predicted octanol–water partition coefficient (Wildman–Crippen LogP) is 1.35. The Morgan fingerprint density at radius 1 is 1.38 bits per heavy atom. The number of aliphatic hydroxyl groups is 1. The van der Waals surface area contributed by atoms with Gasteiger partial charge in [0.05, 0.1) is 0 Å². The Labute approximate surface area is 78.2 Å². The lowest BCUT2D eigenvalue weighted by Crippen LogP contribution is -1.98. The molecule has 1 N–H and O–H groups in total. The Kier molecular flexibility index (Phi) is 3.65. The Hall–Kier alpha value is -1.15. The van der Waals surface area contributed by atoms with Gasteiger partial charge in [0.1, 0.15) is 5.78 Å². The van der Waals surface area contributed by atoms with Crippen molar-refractivity contribution in [1.29, 1.82) is 0 Å². The molecule has 0 spiro atoms. The van der Waals surface area contributed by atoms with Crippen molar-refractivity contribution in [2.75, 3.05) is 6.61 Å². The summed E-state index contributed by atoms with van der Waals surface area (Å²) in [7, 11) is 0. The van der Waals surface area contributed by atoms with Crippen LogP contribution in [0.1, 0.15) is 18.1 Å². The second-order valence-corrected chi connectivity index (χ2v) is 3.17. The maximum Gasteiger partial charge on any atom is 0.134 e. The van der Waals surface area contributed by atoms with Crippen LogP contribution in [0.5, 0.6) is 0 Å². The highest BCUT2D eigenvalue weighted by molar-refractivity contribution is 5.78. The third-order valence-corrected chi connectivity index (χ3v) is 1.84. The molecule has 0 radical (unpaired) electrons. The summed E-state index contributed by atoms with van der Waals surface area (Å²) in [5, 5.41) is 8.73. The summed E-state index contributed by atoms with van der Waals surface area (Å²) in [6, 6.07) is 7.78. The van der Waals surface area contributed by atoms with Gasteiger partial charge in [-0.15, -0.1) is 0 Å². The summed E-state index contributed by atoms with van der Waals surface area (Å²) < 4.78 is 0. The topological polar surface area (TPSA) is 37.3 Å². The second kappa shape index (κ2) is 4.77. The van der Waals surface area contributed by atoms with Crippen LogP contribution in [-0.4, -0.2) is 17.5 Å². The first-order valence-corrected chi connectivity index (χ1v) is 4.40. The van der Waals surface area contributed by atoms with Crippen molar-refractivity contribution in [1.82, 2.24) is 0 Å². The fraction of sp³-hybridized carbons (Fsp3) is 0.364. The van der Waals surface area contributed by atoms with Crippen molar-refractivity contribution in [3.05, 3.63) is 35.4 Å². The minimum atomic E-state index is 0.156. The molecule has 0 aromatic heterocycles. The first kappa shape index (κ1) is 9.93. The first-order chi connectivity index (χ1) is 6.22. The largest absolute Gasteiger partial charge is 0.396 e. The van der Waals surface area contributed by atoms with E-state index in [0.717, 1.165) is 11.1 Å². The van der Waals surface area contributed by atoms with Crippen LogP contribution < -0.4 is 0 Å². The lowest BCUT2D eigenvalue weighted by atomic mass is 10.0. The Morgan fingerprint density at radius 2 is 2.08 bits per heavy atom. The van der Waals surface area contributed by atoms with Crippen LogP contribution in [0.3, 0.4) is 0 Å². The van der Waals surface area contributed by atoms with Gasteiger partial charge in [0.2, 0.25) is 0 Å². The number of aliphatic hydroxyl groups excluding tert-OH is 1. The fourth-order valence-corrected chi connectivity index (χ4v) is 1.31. The van der Waals surface area contributed by atoms with E-state index >= 15 is 0 Å². The summed E-state index contributed by atoms with van der Waals surface area (Å²) in [5.41, 5.74) is 2.11. The van der Waals surface area contributed by atoms with E-state index in [1.54, 1.807) is 6.92 Å². The van der Waals surface area contributed by atoms with Gasteiger partial charge in [0.15, 0.2) is 0 Å². The Bertz CT molecular complexity index is 292. The summed E-state index contributed by atoms with van der Waals surface area (Å²) in [4.78, 5) is 10.8. The van der Waals surface area contributed by atoms with Gasteiger partial charge in [-0.3, -0.25) is 4.79 Å². The van der Waals surface area contributed by atoms with Crippen LogP contribution in [0, 0.1) is 0 Å². The zero-order chi connectivity index (χ0) is 9.68. The Balaban J connectivity index is 2.73. The molecule has 0 saturated carbocycles. The van der Waals surface area contributed by atoms with E-state index in [1.807, 2.05) is 24.3 Å². The lowest BCUT2D eigenvalue weighted by Gasteiger charge is -2.01. The average Bonchev–Trinajstić information content (AvgIpc) is 2.04. The standard InChI is InChI=1S/C11H14O2/c1-9(13)7-11-4-2-3-10(8-11)5-6-12/h2-4,8,12H,5-7H2,1H3. The molecule has 0 bridgehead atoms. The van der Waals surface area contributed by atoms with Gasteiger partial charge in [-0.25, -0.2) is 0 Å². The highest BCUT2D eigenvalue weighted by Crippen LogP contribution is 2.06. The maximum absolute atomic E-state index is 10.8. The van der Waals surface area contributed by atoms with Crippen LogP contribution in [0.4, 0.5) is 0 Å². The molecule has 70 valence electrons. The fourth-order valence-electron chi connectivity index (χ4n) is 1.31. The molecule has 0 saturated heterocycles. The maximum atomic E-state index is 10.8. The average molecular weight is 178 g/mol. The van der Waals surface area contributed by atoms with Crippen molar-refractivity contribution in [3.63, 3.8) is 0 Å². The van der Waals surface area contributed by atoms with Crippen LogP contribution in [0.2, 0.25) is 0 Å². The SMILES string of the molecule is CC(=O)Cc1cccc(CCO)c1. The van der Waals surface area contributed by atoms with Crippen molar-refractivity contribution in [2.45, 2.75) is 19.8 Å². The number of hydrogen-bond acceptors (Lipinski definition) is 2. The molecule has 1 aromatic carbocycles. The van der Waals surface area contributed by atoms with E-state index in [1.165, 1.54) is 0 Å². The lowest BCUT2D eigenvalue weighted by molar-refractivity contribution is -0.116. The zero-order valence-corrected chi connectivity index (χ0v) is 7.79. The second-order valence-electron chi connectivity index (χ2n) is 3.17. The summed E-state index contributed by atoms with van der Waals surface area (Å²) in [6.45, 7) is 1.74. The van der Waals surface area contributed by atoms with Crippen LogP contribution in [0.15, 0.2) is 24.3 Å². The molecule has 0 atom stereocenters. The molecular weight excluding hydrogens is 164 g/mol. The van der Waals surface area contributed by atoms with Crippen LogP contribution in [-0.2, 0) is 17.6 Å². The van der Waals surface area contributed by atoms with Crippen LogP contribution in [0.25, 0.3) is 0 Å². The van der Waals surface area contributed by atoms with Gasteiger partial charge in [-0.2, -0.15) is 0 Å². The molecular formula is C11H14O2. The highest BCUT2D eigenvalue weighted by Gasteiger charge is 1.98. The summed E-state index contributed by atoms with van der Waals surface area (Å²) in [6.07, 6.45) is 1.14. The molecule has 0 aliphatic heterocycles. The van der Waals surface area contributed by atoms with Crippen molar-refractivity contribution < 1.29 is 9.90 Å². The van der Waals surface area contributed by atoms with E-state index in [4.69, 9.17) is 5.11 Å². The van der Waals surface area contributed by atoms with Crippen LogP contribution >= 0.6 is 0 Å². The number of hydrogen-bond donors (Lipinski definition) is 1. The van der Waals surface area contributed by atoms with Gasteiger partial charge in [0.25, 0.3) is 0 Å². The van der Waals surface area contributed by atoms with E-state index in [0.29, 0.717) is 12.8 Å². The molecule has 0 aliphatic rings. The van der Waals surface area contributed by atoms with Gasteiger partial charge >= 0.3 is 0 Å². The molecule has 0 unspecified atom stereocenters. The van der Waals surface area contributed by atoms with Gasteiger partial charge < -0.3 is 5.11 Å². The monoisotopic (exact) mass is 178 g/mol. The molecule has 0 aliphatic carbocycles. The smallest absolute Gasteiger partial charge is 0.134 e. The van der Waals surface area contributed by atoms with E-state index in [2.05, 4.69) is 0 Å². The predicted molar refractivity (Wildman–Crippen MR) is 51.6 cm³/mol. The molecule has 1 aromatic rings. The van der Waals surface area contributed by atoms with Crippen molar-refractivity contribution in [2.24, 2.45) is 0 Å². The Morgan fingerprint density at radius 3 is 2.69 bits per heavy atom. The number of ketones is 1. The van der Waals surface area contributed by atoms with Gasteiger partial charge in [-0.1, -0.05) is 24.3 Å². The number of Topliss-reactive ketones (excluding diaryl/α,β-unsaturated/α-hetero) is 1. The number of carbonyl (C=O) groups excluding carboxylic acids is 1. The summed E-state index contributed by atoms with van der Waals surface area (Å²) in [5.74, 6) is 0.168. The van der Waals surface area contributed by atoms with E-state index in [9.17, 15) is 4.79 Å². The number of carbonyl (C=O) groups is 1. The highest BCUT2D eigenvalue weighted by atomic mass is 16.2.